The Morgan fingerprint density at radius 2 is 2.22 bits per heavy atom. The summed E-state index contributed by atoms with van der Waals surface area (Å²) in [4.78, 5) is 27.1. The third-order valence-corrected chi connectivity index (χ3v) is 4.51. The van der Waals surface area contributed by atoms with Crippen LogP contribution in [0, 0.1) is 0 Å². The van der Waals surface area contributed by atoms with E-state index in [0.717, 1.165) is 25.7 Å². The summed E-state index contributed by atoms with van der Waals surface area (Å²) >= 11 is 1.55. The summed E-state index contributed by atoms with van der Waals surface area (Å²) in [7, 11) is 0. The molecule has 1 unspecified atom stereocenters. The minimum absolute atomic E-state index is 0.0215. The summed E-state index contributed by atoms with van der Waals surface area (Å²) in [6.07, 6.45) is 4.03. The first kappa shape index (κ1) is 13.7. The van der Waals surface area contributed by atoms with Gasteiger partial charge in [-0.1, -0.05) is 12.8 Å². The molecule has 2 saturated heterocycles. The monoisotopic (exact) mass is 272 g/mol. The standard InChI is InChI=1S/C12H20N2O3S/c15-7-10-4-2-1-3-5-14(10)11(16)6-13-9-18-8-12(13)17/h10,15H,1-9H2. The molecule has 5 nitrogen and oxygen atoms in total. The molecule has 1 N–H and O–H groups in total. The molecule has 0 aliphatic carbocycles. The van der Waals surface area contributed by atoms with Crippen LogP contribution in [0.25, 0.3) is 0 Å². The van der Waals surface area contributed by atoms with Crippen molar-refractivity contribution >= 4 is 23.6 Å². The number of aliphatic hydroxyl groups excluding tert-OH is 1. The average molecular weight is 272 g/mol. The molecule has 0 radical (unpaired) electrons. The smallest absolute Gasteiger partial charge is 0.242 e. The molecule has 0 saturated carbocycles. The first-order valence-electron chi connectivity index (χ1n) is 6.48. The van der Waals surface area contributed by atoms with Crippen LogP contribution in [0.4, 0.5) is 0 Å². The Balaban J connectivity index is 1.94. The summed E-state index contributed by atoms with van der Waals surface area (Å²) in [5.41, 5.74) is 0. The Morgan fingerprint density at radius 1 is 1.39 bits per heavy atom. The van der Waals surface area contributed by atoms with Crippen LogP contribution < -0.4 is 0 Å². The second-order valence-electron chi connectivity index (χ2n) is 4.84. The van der Waals surface area contributed by atoms with Crippen molar-refractivity contribution in [3.8, 4) is 0 Å². The molecule has 2 fully saturated rings. The maximum absolute atomic E-state index is 12.2. The fraction of sp³-hybridized carbons (Fsp3) is 0.833. The topological polar surface area (TPSA) is 60.9 Å². The van der Waals surface area contributed by atoms with E-state index in [1.165, 1.54) is 0 Å². The van der Waals surface area contributed by atoms with Crippen molar-refractivity contribution in [2.75, 3.05) is 31.3 Å². The van der Waals surface area contributed by atoms with Crippen molar-refractivity contribution in [2.45, 2.75) is 31.7 Å². The van der Waals surface area contributed by atoms with Gasteiger partial charge in [0.25, 0.3) is 0 Å². The summed E-state index contributed by atoms with van der Waals surface area (Å²) in [5, 5.41) is 9.37. The quantitative estimate of drug-likeness (QED) is 0.802. The summed E-state index contributed by atoms with van der Waals surface area (Å²) < 4.78 is 0. The fourth-order valence-corrected chi connectivity index (χ4v) is 3.39. The Hall–Kier alpha value is -0.750. The normalized spacial score (nSPS) is 25.4. The molecule has 2 heterocycles. The molecule has 0 aromatic rings. The van der Waals surface area contributed by atoms with Crippen molar-refractivity contribution in [3.05, 3.63) is 0 Å². The van der Waals surface area contributed by atoms with Crippen LogP contribution in [0.1, 0.15) is 25.7 Å². The van der Waals surface area contributed by atoms with Crippen LogP contribution in [0.5, 0.6) is 0 Å². The van der Waals surface area contributed by atoms with Crippen LogP contribution in [-0.2, 0) is 9.59 Å². The first-order chi connectivity index (χ1) is 8.72. The molecule has 0 spiro atoms. The molecule has 2 aliphatic heterocycles. The predicted molar refractivity (Wildman–Crippen MR) is 70.1 cm³/mol. The highest BCUT2D eigenvalue weighted by Gasteiger charge is 2.29. The number of carbonyl (C=O) groups excluding carboxylic acids is 2. The van der Waals surface area contributed by atoms with Gasteiger partial charge in [0.15, 0.2) is 0 Å². The summed E-state index contributed by atoms with van der Waals surface area (Å²) in [6.45, 7) is 0.899. The van der Waals surface area contributed by atoms with E-state index in [9.17, 15) is 14.7 Å². The van der Waals surface area contributed by atoms with Gasteiger partial charge in [-0.3, -0.25) is 9.59 Å². The van der Waals surface area contributed by atoms with Gasteiger partial charge in [0.2, 0.25) is 11.8 Å². The molecule has 18 heavy (non-hydrogen) atoms. The fourth-order valence-electron chi connectivity index (χ4n) is 2.49. The summed E-state index contributed by atoms with van der Waals surface area (Å²) in [6, 6.07) is -0.0645. The number of carbonyl (C=O) groups is 2. The highest BCUT2D eigenvalue weighted by atomic mass is 32.2. The maximum atomic E-state index is 12.2. The van der Waals surface area contributed by atoms with E-state index < -0.39 is 0 Å². The Morgan fingerprint density at radius 3 is 2.89 bits per heavy atom. The highest BCUT2D eigenvalue weighted by Crippen LogP contribution is 2.19. The lowest BCUT2D eigenvalue weighted by Crippen LogP contribution is -2.47. The Bertz CT molecular complexity index is 324. The second kappa shape index (κ2) is 6.43. The maximum Gasteiger partial charge on any atom is 0.242 e. The average Bonchev–Trinajstić information content (AvgIpc) is 2.66. The molecule has 2 amide bonds. The molecular formula is C12H20N2O3S. The molecule has 2 rings (SSSR count). The van der Waals surface area contributed by atoms with Crippen LogP contribution in [0.15, 0.2) is 0 Å². The molecule has 102 valence electrons. The molecule has 1 atom stereocenters. The molecule has 0 bridgehead atoms. The zero-order valence-corrected chi connectivity index (χ0v) is 11.3. The number of rotatable bonds is 3. The first-order valence-corrected chi connectivity index (χ1v) is 7.63. The second-order valence-corrected chi connectivity index (χ2v) is 5.80. The van der Waals surface area contributed by atoms with Gasteiger partial charge in [0.05, 0.1) is 24.3 Å². The van der Waals surface area contributed by atoms with Gasteiger partial charge >= 0.3 is 0 Å². The van der Waals surface area contributed by atoms with Crippen molar-refractivity contribution in [1.82, 2.24) is 9.80 Å². The van der Waals surface area contributed by atoms with E-state index in [1.54, 1.807) is 21.6 Å². The van der Waals surface area contributed by atoms with E-state index in [4.69, 9.17) is 0 Å². The number of hydrogen-bond acceptors (Lipinski definition) is 4. The number of amides is 2. The Kier molecular flexibility index (Phi) is 4.88. The van der Waals surface area contributed by atoms with Gasteiger partial charge in [-0.15, -0.1) is 11.8 Å². The molecule has 2 aliphatic rings. The van der Waals surface area contributed by atoms with Crippen molar-refractivity contribution in [1.29, 1.82) is 0 Å². The van der Waals surface area contributed by atoms with E-state index >= 15 is 0 Å². The van der Waals surface area contributed by atoms with Gasteiger partial charge < -0.3 is 14.9 Å². The number of thioether (sulfide) groups is 1. The minimum atomic E-state index is -0.0645. The predicted octanol–water partition coefficient (Wildman–Crippen LogP) is 0.283. The van der Waals surface area contributed by atoms with Crippen LogP contribution in [0.2, 0.25) is 0 Å². The molecular weight excluding hydrogens is 252 g/mol. The zero-order valence-electron chi connectivity index (χ0n) is 10.5. The third kappa shape index (κ3) is 3.17. The number of aliphatic hydroxyl groups is 1. The lowest BCUT2D eigenvalue weighted by Gasteiger charge is -2.30. The van der Waals surface area contributed by atoms with Crippen LogP contribution in [-0.4, -0.2) is 64.1 Å². The van der Waals surface area contributed by atoms with E-state index in [0.29, 0.717) is 18.2 Å². The van der Waals surface area contributed by atoms with Gasteiger partial charge in [-0.05, 0) is 12.8 Å². The third-order valence-electron chi connectivity index (χ3n) is 3.56. The van der Waals surface area contributed by atoms with Crippen LogP contribution >= 0.6 is 11.8 Å². The molecule has 0 aromatic heterocycles. The Labute approximate surface area is 112 Å². The van der Waals surface area contributed by atoms with E-state index in [2.05, 4.69) is 0 Å². The largest absolute Gasteiger partial charge is 0.394 e. The number of hydrogen-bond donors (Lipinski definition) is 1. The van der Waals surface area contributed by atoms with Gasteiger partial charge in [-0.25, -0.2) is 0 Å². The lowest BCUT2D eigenvalue weighted by molar-refractivity contribution is -0.140. The van der Waals surface area contributed by atoms with E-state index in [1.807, 2.05) is 0 Å². The molecule has 0 aromatic carbocycles. The van der Waals surface area contributed by atoms with Gasteiger partial charge in [0.1, 0.15) is 6.54 Å². The van der Waals surface area contributed by atoms with Crippen molar-refractivity contribution in [2.24, 2.45) is 0 Å². The van der Waals surface area contributed by atoms with Crippen molar-refractivity contribution in [3.63, 3.8) is 0 Å². The summed E-state index contributed by atoms with van der Waals surface area (Å²) in [5.74, 6) is 1.12. The number of nitrogens with zero attached hydrogens (tertiary/aromatic N) is 2. The zero-order chi connectivity index (χ0) is 13.0. The SMILES string of the molecule is O=C1CSCN1CC(=O)N1CCCCCC1CO. The van der Waals surface area contributed by atoms with Gasteiger partial charge in [0, 0.05) is 6.54 Å². The van der Waals surface area contributed by atoms with Gasteiger partial charge in [-0.2, -0.15) is 0 Å². The lowest BCUT2D eigenvalue weighted by atomic mass is 10.1. The van der Waals surface area contributed by atoms with E-state index in [-0.39, 0.29) is 31.0 Å². The highest BCUT2D eigenvalue weighted by molar-refractivity contribution is 8.00. The minimum Gasteiger partial charge on any atom is -0.394 e. The molecule has 6 heteroatoms. The van der Waals surface area contributed by atoms with Crippen LogP contribution in [0.3, 0.4) is 0 Å². The van der Waals surface area contributed by atoms with Crippen molar-refractivity contribution < 1.29 is 14.7 Å². The number of likely N-dealkylation sites (tertiary alicyclic amines) is 1.